The van der Waals surface area contributed by atoms with Crippen molar-refractivity contribution in [2.75, 3.05) is 20.1 Å². The molecule has 1 aliphatic heterocycles. The van der Waals surface area contributed by atoms with E-state index in [9.17, 15) is 13.2 Å². The molecule has 1 amide bonds. The summed E-state index contributed by atoms with van der Waals surface area (Å²) in [5, 5.41) is 2.56. The third kappa shape index (κ3) is 2.82. The Morgan fingerprint density at radius 1 is 1.42 bits per heavy atom. The second-order valence-electron chi connectivity index (χ2n) is 4.39. The number of nitrogens with one attached hydrogen (secondary N) is 1. The standard InChI is InChI=1S/C12H15BrN2O3S/c1-14-12(16)9-6-7-15(8-9)19(17,18)11-5-3-2-4-10(11)13/h2-5,9H,6-8H2,1H3,(H,14,16). The van der Waals surface area contributed by atoms with Gasteiger partial charge >= 0.3 is 0 Å². The molecule has 7 heteroatoms. The number of hydrogen-bond acceptors (Lipinski definition) is 3. The van der Waals surface area contributed by atoms with Crippen molar-refractivity contribution in [3.8, 4) is 0 Å². The number of rotatable bonds is 3. The fourth-order valence-electron chi connectivity index (χ4n) is 2.16. The first-order chi connectivity index (χ1) is 8.96. The molecule has 2 rings (SSSR count). The summed E-state index contributed by atoms with van der Waals surface area (Å²) >= 11 is 3.25. The molecule has 1 saturated heterocycles. The Morgan fingerprint density at radius 3 is 2.74 bits per heavy atom. The zero-order valence-corrected chi connectivity index (χ0v) is 12.9. The monoisotopic (exact) mass is 346 g/mol. The molecule has 1 aliphatic rings. The van der Waals surface area contributed by atoms with Crippen LogP contribution in [0.3, 0.4) is 0 Å². The summed E-state index contributed by atoms with van der Waals surface area (Å²) < 4.78 is 26.9. The van der Waals surface area contributed by atoms with Crippen LogP contribution in [-0.2, 0) is 14.8 Å². The third-order valence-corrected chi connectivity index (χ3v) is 6.10. The Kier molecular flexibility index (Phi) is 4.27. The number of carbonyl (C=O) groups is 1. The summed E-state index contributed by atoms with van der Waals surface area (Å²) in [6.07, 6.45) is 0.559. The second kappa shape index (κ2) is 5.60. The molecule has 1 atom stereocenters. The Labute approximate surface area is 121 Å². The average molecular weight is 347 g/mol. The molecule has 0 aliphatic carbocycles. The number of carbonyl (C=O) groups excluding carboxylic acids is 1. The van der Waals surface area contributed by atoms with Gasteiger partial charge in [-0.1, -0.05) is 12.1 Å². The molecule has 0 aromatic heterocycles. The molecule has 19 heavy (non-hydrogen) atoms. The topological polar surface area (TPSA) is 66.5 Å². The lowest BCUT2D eigenvalue weighted by atomic mass is 10.1. The quantitative estimate of drug-likeness (QED) is 0.894. The zero-order valence-electron chi connectivity index (χ0n) is 10.5. The Hall–Kier alpha value is -0.920. The first-order valence-corrected chi connectivity index (χ1v) is 8.16. The average Bonchev–Trinajstić information content (AvgIpc) is 2.88. The first-order valence-electron chi connectivity index (χ1n) is 5.93. The van der Waals surface area contributed by atoms with Crippen LogP contribution in [0.4, 0.5) is 0 Å². The smallest absolute Gasteiger partial charge is 0.244 e. The van der Waals surface area contributed by atoms with Gasteiger partial charge in [0.05, 0.1) is 10.8 Å². The molecule has 104 valence electrons. The maximum absolute atomic E-state index is 12.5. The number of amides is 1. The summed E-state index contributed by atoms with van der Waals surface area (Å²) in [4.78, 5) is 11.8. The highest BCUT2D eigenvalue weighted by molar-refractivity contribution is 9.10. The summed E-state index contributed by atoms with van der Waals surface area (Å²) in [6, 6.07) is 6.70. The summed E-state index contributed by atoms with van der Waals surface area (Å²) in [5.41, 5.74) is 0. The Balaban J connectivity index is 2.24. The molecule has 1 unspecified atom stereocenters. The lowest BCUT2D eigenvalue weighted by Crippen LogP contribution is -2.33. The minimum atomic E-state index is -3.54. The highest BCUT2D eigenvalue weighted by atomic mass is 79.9. The van der Waals surface area contributed by atoms with Crippen molar-refractivity contribution >= 4 is 31.9 Å². The molecule has 1 heterocycles. The van der Waals surface area contributed by atoms with Gasteiger partial charge in [0.25, 0.3) is 0 Å². The van der Waals surface area contributed by atoms with Crippen molar-refractivity contribution in [1.82, 2.24) is 9.62 Å². The van der Waals surface area contributed by atoms with E-state index < -0.39 is 10.0 Å². The Bertz CT molecular complexity index is 588. The van der Waals surface area contributed by atoms with E-state index in [1.807, 2.05) is 0 Å². The van der Waals surface area contributed by atoms with E-state index in [1.165, 1.54) is 4.31 Å². The third-order valence-electron chi connectivity index (χ3n) is 3.22. The minimum Gasteiger partial charge on any atom is -0.359 e. The van der Waals surface area contributed by atoms with Crippen molar-refractivity contribution < 1.29 is 13.2 Å². The lowest BCUT2D eigenvalue weighted by molar-refractivity contribution is -0.123. The van der Waals surface area contributed by atoms with Gasteiger partial charge in [-0.2, -0.15) is 4.31 Å². The minimum absolute atomic E-state index is 0.107. The second-order valence-corrected chi connectivity index (χ2v) is 7.15. The van der Waals surface area contributed by atoms with Crippen LogP contribution >= 0.6 is 15.9 Å². The maximum Gasteiger partial charge on any atom is 0.244 e. The van der Waals surface area contributed by atoms with Crippen molar-refractivity contribution in [3.05, 3.63) is 28.7 Å². The van der Waals surface area contributed by atoms with E-state index >= 15 is 0 Å². The van der Waals surface area contributed by atoms with Gasteiger partial charge in [-0.05, 0) is 34.5 Å². The Morgan fingerprint density at radius 2 is 2.11 bits per heavy atom. The number of sulfonamides is 1. The van der Waals surface area contributed by atoms with Crippen LogP contribution in [0.1, 0.15) is 6.42 Å². The van der Waals surface area contributed by atoms with Crippen molar-refractivity contribution in [1.29, 1.82) is 0 Å². The first kappa shape index (κ1) is 14.5. The van der Waals surface area contributed by atoms with E-state index in [0.717, 1.165) is 0 Å². The molecule has 1 fully saturated rings. The SMILES string of the molecule is CNC(=O)C1CCN(S(=O)(=O)c2ccccc2Br)C1. The van der Waals surface area contributed by atoms with Gasteiger partial charge < -0.3 is 5.32 Å². The molecular weight excluding hydrogens is 332 g/mol. The summed E-state index contributed by atoms with van der Waals surface area (Å²) in [5.74, 6) is -0.368. The van der Waals surface area contributed by atoms with Crippen LogP contribution in [0.5, 0.6) is 0 Å². The zero-order chi connectivity index (χ0) is 14.0. The normalized spacial score (nSPS) is 20.4. The van der Waals surface area contributed by atoms with Gasteiger partial charge in [-0.15, -0.1) is 0 Å². The van der Waals surface area contributed by atoms with Gasteiger partial charge in [-0.3, -0.25) is 4.79 Å². The highest BCUT2D eigenvalue weighted by Crippen LogP contribution is 2.28. The van der Waals surface area contributed by atoms with Crippen molar-refractivity contribution in [2.45, 2.75) is 11.3 Å². The van der Waals surface area contributed by atoms with Gasteiger partial charge in [0.15, 0.2) is 0 Å². The van der Waals surface area contributed by atoms with Crippen LogP contribution in [0.25, 0.3) is 0 Å². The van der Waals surface area contributed by atoms with Gasteiger partial charge in [0.2, 0.25) is 15.9 Å². The molecule has 0 bridgehead atoms. The van der Waals surface area contributed by atoms with E-state index in [-0.39, 0.29) is 23.3 Å². The molecule has 1 aromatic rings. The number of nitrogens with zero attached hydrogens (tertiary/aromatic N) is 1. The van der Waals surface area contributed by atoms with Crippen molar-refractivity contribution in [2.24, 2.45) is 5.92 Å². The van der Waals surface area contributed by atoms with E-state index in [1.54, 1.807) is 31.3 Å². The fraction of sp³-hybridized carbons (Fsp3) is 0.417. The van der Waals surface area contributed by atoms with E-state index in [2.05, 4.69) is 21.2 Å². The maximum atomic E-state index is 12.5. The lowest BCUT2D eigenvalue weighted by Gasteiger charge is -2.17. The molecule has 1 N–H and O–H groups in total. The number of halogens is 1. The summed E-state index contributed by atoms with van der Waals surface area (Å²) in [6.45, 7) is 0.616. The van der Waals surface area contributed by atoms with Gasteiger partial charge in [0, 0.05) is 24.6 Å². The van der Waals surface area contributed by atoms with Gasteiger partial charge in [0.1, 0.15) is 0 Å². The van der Waals surface area contributed by atoms with Crippen LogP contribution in [0.15, 0.2) is 33.6 Å². The van der Waals surface area contributed by atoms with Crippen LogP contribution in [-0.4, -0.2) is 38.8 Å². The van der Waals surface area contributed by atoms with Crippen LogP contribution < -0.4 is 5.32 Å². The number of benzene rings is 1. The highest BCUT2D eigenvalue weighted by Gasteiger charge is 2.36. The predicted molar refractivity (Wildman–Crippen MR) is 75.1 cm³/mol. The van der Waals surface area contributed by atoms with Gasteiger partial charge in [-0.25, -0.2) is 8.42 Å². The molecule has 5 nitrogen and oxygen atoms in total. The molecule has 1 aromatic carbocycles. The van der Waals surface area contributed by atoms with Crippen LogP contribution in [0.2, 0.25) is 0 Å². The molecule has 0 spiro atoms. The fourth-order valence-corrected chi connectivity index (χ4v) is 4.62. The van der Waals surface area contributed by atoms with Crippen LogP contribution in [0, 0.1) is 5.92 Å². The summed E-state index contributed by atoms with van der Waals surface area (Å²) in [7, 11) is -1.97. The molecule has 0 saturated carbocycles. The number of hydrogen-bond donors (Lipinski definition) is 1. The predicted octanol–water partition coefficient (Wildman–Crippen LogP) is 1.21. The van der Waals surface area contributed by atoms with E-state index in [4.69, 9.17) is 0 Å². The molecule has 0 radical (unpaired) electrons. The van der Waals surface area contributed by atoms with Crippen molar-refractivity contribution in [3.63, 3.8) is 0 Å². The molecular formula is C12H15BrN2O3S. The largest absolute Gasteiger partial charge is 0.359 e. The van der Waals surface area contributed by atoms with E-state index in [0.29, 0.717) is 17.4 Å².